The molecule has 2 atom stereocenters. The van der Waals surface area contributed by atoms with Crippen LogP contribution in [0.15, 0.2) is 18.2 Å². The van der Waals surface area contributed by atoms with Gasteiger partial charge in [0.1, 0.15) is 0 Å². The molecule has 1 amide bonds. The summed E-state index contributed by atoms with van der Waals surface area (Å²) in [5, 5.41) is 6.61. The van der Waals surface area contributed by atoms with Crippen LogP contribution in [0.2, 0.25) is 0 Å². The fourth-order valence-electron chi connectivity index (χ4n) is 3.04. The molecular weight excluding hydrogens is 260 g/mol. The zero-order chi connectivity index (χ0) is 15.2. The van der Waals surface area contributed by atoms with Crippen LogP contribution < -0.4 is 10.6 Å². The van der Waals surface area contributed by atoms with E-state index in [-0.39, 0.29) is 5.91 Å². The second kappa shape index (κ2) is 7.48. The van der Waals surface area contributed by atoms with Crippen molar-refractivity contribution in [3.05, 3.63) is 29.3 Å². The minimum Gasteiger partial charge on any atom is -0.384 e. The van der Waals surface area contributed by atoms with Gasteiger partial charge in [0.05, 0.1) is 5.56 Å². The van der Waals surface area contributed by atoms with Crippen molar-refractivity contribution in [1.82, 2.24) is 5.32 Å². The summed E-state index contributed by atoms with van der Waals surface area (Å²) < 4.78 is 0. The Labute approximate surface area is 128 Å². The Morgan fingerprint density at radius 3 is 2.76 bits per heavy atom. The van der Waals surface area contributed by atoms with Crippen molar-refractivity contribution in [2.24, 2.45) is 5.92 Å². The van der Waals surface area contributed by atoms with Crippen LogP contribution in [0.25, 0.3) is 0 Å². The van der Waals surface area contributed by atoms with Crippen molar-refractivity contribution in [3.8, 4) is 0 Å². The van der Waals surface area contributed by atoms with Crippen molar-refractivity contribution in [2.75, 3.05) is 11.9 Å². The topological polar surface area (TPSA) is 41.1 Å². The first kappa shape index (κ1) is 15.9. The van der Waals surface area contributed by atoms with Crippen molar-refractivity contribution in [1.29, 1.82) is 0 Å². The van der Waals surface area contributed by atoms with Crippen molar-refractivity contribution in [3.63, 3.8) is 0 Å². The molecule has 21 heavy (non-hydrogen) atoms. The SMILES string of the molecule is CCCNc1cc(C)ccc1C(=O)NC1CCCCC1C. The standard InChI is InChI=1S/C18H28N2O/c1-4-11-19-17-12-13(2)9-10-15(17)18(21)20-16-8-6-5-7-14(16)3/h9-10,12,14,16,19H,4-8,11H2,1-3H3,(H,20,21). The number of hydrogen-bond acceptors (Lipinski definition) is 2. The number of benzene rings is 1. The van der Waals surface area contributed by atoms with Gasteiger partial charge in [-0.15, -0.1) is 0 Å². The first-order valence-electron chi connectivity index (χ1n) is 8.27. The third-order valence-corrected chi connectivity index (χ3v) is 4.41. The van der Waals surface area contributed by atoms with Crippen LogP contribution in [0.3, 0.4) is 0 Å². The summed E-state index contributed by atoms with van der Waals surface area (Å²) in [6.07, 6.45) is 5.90. The van der Waals surface area contributed by atoms with Crippen molar-refractivity contribution >= 4 is 11.6 Å². The minimum absolute atomic E-state index is 0.0624. The maximum Gasteiger partial charge on any atom is 0.253 e. The number of amides is 1. The lowest BCUT2D eigenvalue weighted by Gasteiger charge is -2.29. The molecule has 2 rings (SSSR count). The molecule has 1 aliphatic rings. The molecule has 2 N–H and O–H groups in total. The molecular formula is C18H28N2O. The van der Waals surface area contributed by atoms with E-state index in [0.717, 1.165) is 30.6 Å². The Hall–Kier alpha value is -1.51. The summed E-state index contributed by atoms with van der Waals surface area (Å²) in [6, 6.07) is 6.34. The Balaban J connectivity index is 2.10. The molecule has 2 unspecified atom stereocenters. The van der Waals surface area contributed by atoms with Crippen LogP contribution in [0.4, 0.5) is 5.69 Å². The number of aryl methyl sites for hydroxylation is 1. The van der Waals surface area contributed by atoms with Crippen LogP contribution in [0.5, 0.6) is 0 Å². The highest BCUT2D eigenvalue weighted by Gasteiger charge is 2.24. The van der Waals surface area contributed by atoms with E-state index >= 15 is 0 Å². The molecule has 1 aromatic carbocycles. The van der Waals surface area contributed by atoms with Crippen LogP contribution in [0.1, 0.15) is 61.9 Å². The average molecular weight is 288 g/mol. The van der Waals surface area contributed by atoms with Gasteiger partial charge >= 0.3 is 0 Å². The summed E-state index contributed by atoms with van der Waals surface area (Å²) in [7, 11) is 0. The van der Waals surface area contributed by atoms with Crippen LogP contribution in [0, 0.1) is 12.8 Å². The van der Waals surface area contributed by atoms with Gasteiger partial charge in [0.15, 0.2) is 0 Å². The maximum absolute atomic E-state index is 12.6. The number of rotatable bonds is 5. The number of nitrogens with one attached hydrogen (secondary N) is 2. The van der Waals surface area contributed by atoms with Gasteiger partial charge in [0.25, 0.3) is 5.91 Å². The summed E-state index contributed by atoms with van der Waals surface area (Å²) in [4.78, 5) is 12.6. The highest BCUT2D eigenvalue weighted by atomic mass is 16.1. The maximum atomic E-state index is 12.6. The van der Waals surface area contributed by atoms with Crippen LogP contribution in [-0.4, -0.2) is 18.5 Å². The van der Waals surface area contributed by atoms with E-state index in [2.05, 4.69) is 37.5 Å². The predicted octanol–water partition coefficient (Wildman–Crippen LogP) is 4.13. The van der Waals surface area contributed by atoms with Crippen molar-refractivity contribution in [2.45, 2.75) is 58.9 Å². The fourth-order valence-corrected chi connectivity index (χ4v) is 3.04. The summed E-state index contributed by atoms with van der Waals surface area (Å²) in [6.45, 7) is 7.33. The van der Waals surface area contributed by atoms with Gasteiger partial charge in [0, 0.05) is 18.3 Å². The molecule has 0 spiro atoms. The summed E-state index contributed by atoms with van der Waals surface area (Å²) in [5.74, 6) is 0.646. The molecule has 0 bridgehead atoms. The third kappa shape index (κ3) is 4.23. The Kier molecular flexibility index (Phi) is 5.66. The molecule has 0 radical (unpaired) electrons. The molecule has 1 aliphatic carbocycles. The number of anilines is 1. The van der Waals surface area contributed by atoms with Gasteiger partial charge in [-0.3, -0.25) is 4.79 Å². The van der Waals surface area contributed by atoms with E-state index in [4.69, 9.17) is 0 Å². The lowest BCUT2D eigenvalue weighted by molar-refractivity contribution is 0.0911. The van der Waals surface area contributed by atoms with Gasteiger partial charge in [0.2, 0.25) is 0 Å². The molecule has 0 aliphatic heterocycles. The predicted molar refractivity (Wildman–Crippen MR) is 88.8 cm³/mol. The zero-order valence-corrected chi connectivity index (χ0v) is 13.5. The second-order valence-corrected chi connectivity index (χ2v) is 6.32. The van der Waals surface area contributed by atoms with E-state index in [1.807, 2.05) is 12.1 Å². The first-order chi connectivity index (χ1) is 10.1. The molecule has 0 aromatic heterocycles. The molecule has 0 saturated heterocycles. The lowest BCUT2D eigenvalue weighted by atomic mass is 9.86. The average Bonchev–Trinajstić information content (AvgIpc) is 2.47. The van der Waals surface area contributed by atoms with Gasteiger partial charge in [-0.1, -0.05) is 32.8 Å². The summed E-state index contributed by atoms with van der Waals surface area (Å²) >= 11 is 0. The van der Waals surface area contributed by atoms with E-state index in [9.17, 15) is 4.79 Å². The first-order valence-corrected chi connectivity index (χ1v) is 8.27. The minimum atomic E-state index is 0.0624. The largest absolute Gasteiger partial charge is 0.384 e. The molecule has 1 saturated carbocycles. The Morgan fingerprint density at radius 2 is 2.05 bits per heavy atom. The van der Waals surface area contributed by atoms with Gasteiger partial charge < -0.3 is 10.6 Å². The number of carbonyl (C=O) groups excluding carboxylic acids is 1. The molecule has 0 heterocycles. The smallest absolute Gasteiger partial charge is 0.253 e. The highest BCUT2D eigenvalue weighted by Crippen LogP contribution is 2.25. The second-order valence-electron chi connectivity index (χ2n) is 6.32. The highest BCUT2D eigenvalue weighted by molar-refractivity contribution is 5.99. The fraction of sp³-hybridized carbons (Fsp3) is 0.611. The number of carbonyl (C=O) groups is 1. The molecule has 116 valence electrons. The van der Waals surface area contributed by atoms with E-state index in [1.165, 1.54) is 24.8 Å². The molecule has 1 fully saturated rings. The van der Waals surface area contributed by atoms with Crippen molar-refractivity contribution < 1.29 is 4.79 Å². The third-order valence-electron chi connectivity index (χ3n) is 4.41. The van der Waals surface area contributed by atoms with E-state index in [1.54, 1.807) is 0 Å². The van der Waals surface area contributed by atoms with E-state index in [0.29, 0.717) is 12.0 Å². The monoisotopic (exact) mass is 288 g/mol. The molecule has 3 nitrogen and oxygen atoms in total. The normalized spacial score (nSPS) is 21.9. The van der Waals surface area contributed by atoms with Crippen LogP contribution in [-0.2, 0) is 0 Å². The Morgan fingerprint density at radius 1 is 1.29 bits per heavy atom. The summed E-state index contributed by atoms with van der Waals surface area (Å²) in [5.41, 5.74) is 2.90. The molecule has 1 aromatic rings. The molecule has 3 heteroatoms. The lowest BCUT2D eigenvalue weighted by Crippen LogP contribution is -2.41. The Bertz CT molecular complexity index is 484. The number of hydrogen-bond donors (Lipinski definition) is 2. The van der Waals surface area contributed by atoms with Gasteiger partial charge in [-0.05, 0) is 49.8 Å². The zero-order valence-electron chi connectivity index (χ0n) is 13.5. The quantitative estimate of drug-likeness (QED) is 0.855. The van der Waals surface area contributed by atoms with Crippen LogP contribution >= 0.6 is 0 Å². The van der Waals surface area contributed by atoms with Gasteiger partial charge in [-0.2, -0.15) is 0 Å². The van der Waals surface area contributed by atoms with Gasteiger partial charge in [-0.25, -0.2) is 0 Å². The van der Waals surface area contributed by atoms with E-state index < -0.39 is 0 Å².